The van der Waals surface area contributed by atoms with Crippen molar-refractivity contribution >= 4 is 40.3 Å². The van der Waals surface area contributed by atoms with Crippen molar-refractivity contribution < 1.29 is 24.1 Å². The predicted molar refractivity (Wildman–Crippen MR) is 154 cm³/mol. The Hall–Kier alpha value is -2.49. The van der Waals surface area contributed by atoms with Crippen LogP contribution in [-0.2, 0) is 16.9 Å². The summed E-state index contributed by atoms with van der Waals surface area (Å²) in [5.41, 5.74) is 1.33. The van der Waals surface area contributed by atoms with Gasteiger partial charge in [-0.1, -0.05) is 35.3 Å². The molecule has 8 nitrogen and oxygen atoms in total. The molecular formula is C29H37Cl2N3O5. The second kappa shape index (κ2) is 12.4. The first-order chi connectivity index (χ1) is 18.5. The molecule has 0 spiro atoms. The van der Waals surface area contributed by atoms with Crippen LogP contribution in [0.2, 0.25) is 10.0 Å². The maximum Gasteiger partial charge on any atom is 0.515 e. The summed E-state index contributed by atoms with van der Waals surface area (Å²) in [5.74, 6) is 1.00. The number of halogens is 2. The van der Waals surface area contributed by atoms with E-state index >= 15 is 0 Å². The van der Waals surface area contributed by atoms with Crippen molar-refractivity contribution in [2.75, 3.05) is 41.4 Å². The van der Waals surface area contributed by atoms with Crippen LogP contribution in [0, 0.1) is 5.92 Å². The molecule has 1 heterocycles. The van der Waals surface area contributed by atoms with Crippen LogP contribution < -0.4 is 9.47 Å². The zero-order chi connectivity index (χ0) is 28.3. The third-order valence-electron chi connectivity index (χ3n) is 7.60. The molecule has 3 aromatic rings. The summed E-state index contributed by atoms with van der Waals surface area (Å²) in [6.45, 7) is 3.11. The summed E-state index contributed by atoms with van der Waals surface area (Å²) in [5, 5.41) is 13.7. The molecule has 1 aliphatic carbocycles. The van der Waals surface area contributed by atoms with Gasteiger partial charge in [0.05, 0.1) is 29.9 Å². The summed E-state index contributed by atoms with van der Waals surface area (Å²) < 4.78 is 16.0. The van der Waals surface area contributed by atoms with Crippen LogP contribution in [0.5, 0.6) is 11.6 Å². The summed E-state index contributed by atoms with van der Waals surface area (Å²) >= 11 is 12.9. The smallest absolute Gasteiger partial charge is 0.497 e. The third-order valence-corrected chi connectivity index (χ3v) is 8.12. The van der Waals surface area contributed by atoms with Gasteiger partial charge in [0.2, 0.25) is 5.88 Å². The first kappa shape index (κ1) is 29.5. The molecule has 0 bridgehead atoms. The van der Waals surface area contributed by atoms with Crippen LogP contribution in [0.4, 0.5) is 4.79 Å². The largest absolute Gasteiger partial charge is 0.515 e. The first-order valence-electron chi connectivity index (χ1n) is 13.1. The Bertz CT molecular complexity index is 1310. The lowest BCUT2D eigenvalue weighted by molar-refractivity contribution is -0.0811. The van der Waals surface area contributed by atoms with Gasteiger partial charge in [0.15, 0.2) is 0 Å². The second-order valence-electron chi connectivity index (χ2n) is 10.5. The van der Waals surface area contributed by atoms with E-state index in [9.17, 15) is 9.90 Å². The van der Waals surface area contributed by atoms with Crippen LogP contribution in [0.1, 0.15) is 37.3 Å². The van der Waals surface area contributed by atoms with E-state index in [0.29, 0.717) is 28.5 Å². The Kier molecular flexibility index (Phi) is 9.34. The van der Waals surface area contributed by atoms with E-state index in [1.165, 1.54) is 0 Å². The molecule has 2 N–H and O–H groups in total. The van der Waals surface area contributed by atoms with Gasteiger partial charge < -0.3 is 29.2 Å². The molecule has 0 saturated heterocycles. The van der Waals surface area contributed by atoms with Crippen molar-refractivity contribution in [2.45, 2.75) is 44.4 Å². The van der Waals surface area contributed by atoms with Crippen LogP contribution in [0.3, 0.4) is 0 Å². The number of methoxy groups -OCH3 is 1. The van der Waals surface area contributed by atoms with Gasteiger partial charge >= 0.3 is 6.16 Å². The molecule has 1 aromatic heterocycles. The number of aliphatic hydroxyl groups is 1. The van der Waals surface area contributed by atoms with E-state index in [1.807, 2.05) is 45.4 Å². The van der Waals surface area contributed by atoms with E-state index < -0.39 is 11.8 Å². The maximum absolute atomic E-state index is 12.2. The first-order valence-corrected chi connectivity index (χ1v) is 13.9. The summed E-state index contributed by atoms with van der Waals surface area (Å²) in [4.78, 5) is 19.7. The Morgan fingerprint density at radius 2 is 1.97 bits per heavy atom. The number of H-pyrrole nitrogens is 1. The number of rotatable bonds is 9. The van der Waals surface area contributed by atoms with Gasteiger partial charge in [0.25, 0.3) is 0 Å². The lowest BCUT2D eigenvalue weighted by Gasteiger charge is -2.46. The minimum Gasteiger partial charge on any atom is -0.497 e. The highest BCUT2D eigenvalue weighted by atomic mass is 35.5. The molecule has 4 rings (SSSR count). The topological polar surface area (TPSA) is 87.3 Å². The van der Waals surface area contributed by atoms with Crippen LogP contribution in [0.25, 0.3) is 10.9 Å². The van der Waals surface area contributed by atoms with Gasteiger partial charge in [-0.05, 0) is 77.2 Å². The fourth-order valence-electron chi connectivity index (χ4n) is 5.71. The van der Waals surface area contributed by atoms with E-state index in [1.54, 1.807) is 26.2 Å². The van der Waals surface area contributed by atoms with Crippen molar-refractivity contribution in [3.8, 4) is 11.6 Å². The highest BCUT2D eigenvalue weighted by Gasteiger charge is 2.44. The number of hydrogen-bond acceptors (Lipinski definition) is 7. The number of benzene rings is 2. The van der Waals surface area contributed by atoms with Gasteiger partial charge in [-0.15, -0.1) is 0 Å². The zero-order valence-electron chi connectivity index (χ0n) is 23.1. The lowest BCUT2D eigenvalue weighted by Crippen LogP contribution is -2.49. The average molecular weight is 579 g/mol. The molecule has 0 aliphatic heterocycles. The molecular weight excluding hydrogens is 541 g/mol. The summed E-state index contributed by atoms with van der Waals surface area (Å²) in [6, 6.07) is 11.3. The van der Waals surface area contributed by atoms with E-state index in [0.717, 1.165) is 41.6 Å². The van der Waals surface area contributed by atoms with Crippen LogP contribution >= 0.6 is 23.2 Å². The van der Waals surface area contributed by atoms with Crippen molar-refractivity contribution in [3.63, 3.8) is 0 Å². The Balaban J connectivity index is 1.62. The fourth-order valence-corrected chi connectivity index (χ4v) is 6.32. The van der Waals surface area contributed by atoms with Gasteiger partial charge in [-0.3, -0.25) is 4.90 Å². The van der Waals surface area contributed by atoms with Crippen molar-refractivity contribution in [1.29, 1.82) is 0 Å². The van der Waals surface area contributed by atoms with Crippen molar-refractivity contribution in [3.05, 3.63) is 57.6 Å². The van der Waals surface area contributed by atoms with E-state index in [4.69, 9.17) is 37.4 Å². The molecule has 1 saturated carbocycles. The Morgan fingerprint density at radius 1 is 1.21 bits per heavy atom. The number of nitrogens with one attached hydrogen (secondary N) is 1. The molecule has 2 aromatic carbocycles. The van der Waals surface area contributed by atoms with Gasteiger partial charge in [0.1, 0.15) is 5.75 Å². The van der Waals surface area contributed by atoms with Gasteiger partial charge in [0, 0.05) is 41.0 Å². The van der Waals surface area contributed by atoms with E-state index in [2.05, 4.69) is 14.8 Å². The van der Waals surface area contributed by atoms with Crippen LogP contribution in [0.15, 0.2) is 36.4 Å². The molecule has 212 valence electrons. The van der Waals surface area contributed by atoms with Crippen LogP contribution in [-0.4, -0.2) is 73.5 Å². The quantitative estimate of drug-likeness (QED) is 0.298. The molecule has 3 unspecified atom stereocenters. The molecule has 1 fully saturated rings. The molecule has 1 aliphatic rings. The predicted octanol–water partition coefficient (Wildman–Crippen LogP) is 6.07. The molecule has 10 heteroatoms. The zero-order valence-corrected chi connectivity index (χ0v) is 24.6. The minimum absolute atomic E-state index is 0.0126. The average Bonchev–Trinajstić information content (AvgIpc) is 3.21. The fraction of sp³-hybridized carbons (Fsp3) is 0.483. The molecule has 0 radical (unpaired) electrons. The van der Waals surface area contributed by atoms with Crippen molar-refractivity contribution in [1.82, 2.24) is 14.8 Å². The Labute approximate surface area is 239 Å². The van der Waals surface area contributed by atoms with Gasteiger partial charge in [-0.2, -0.15) is 0 Å². The standard InChI is InChI=1S/C29H37Cl2N3O5/c1-6-38-28(35)39-27-23(26-24(31)14-20(30)15-25(26)32-27)17-34(4)21-10-11-29(36,19(12-21)16-33(2)3)18-8-7-9-22(13-18)37-5/h7-9,13-15,19,21,32,36H,6,10-12,16-17H2,1-5H3. The van der Waals surface area contributed by atoms with E-state index in [-0.39, 0.29) is 24.4 Å². The van der Waals surface area contributed by atoms with Crippen molar-refractivity contribution in [2.24, 2.45) is 5.92 Å². The number of carbonyl (C=O) groups is 1. The molecule has 39 heavy (non-hydrogen) atoms. The monoisotopic (exact) mass is 577 g/mol. The highest BCUT2D eigenvalue weighted by molar-refractivity contribution is 6.38. The minimum atomic E-state index is -0.977. The second-order valence-corrected chi connectivity index (χ2v) is 11.3. The highest BCUT2D eigenvalue weighted by Crippen LogP contribution is 2.45. The number of fused-ring (bicyclic) bond motifs is 1. The summed E-state index contributed by atoms with van der Waals surface area (Å²) in [7, 11) is 7.73. The SMILES string of the molecule is CCOC(=O)Oc1[nH]c2cc(Cl)cc(Cl)c2c1CN(C)C1CCC(O)(c2cccc(OC)c2)C(CN(C)C)C1. The van der Waals surface area contributed by atoms with Gasteiger partial charge in [-0.25, -0.2) is 4.79 Å². The molecule has 3 atom stereocenters. The number of hydrogen-bond donors (Lipinski definition) is 2. The normalized spacial score (nSPS) is 21.5. The molecule has 0 amide bonds. The number of aromatic nitrogens is 1. The number of nitrogens with zero attached hydrogens (tertiary/aromatic N) is 2. The summed E-state index contributed by atoms with van der Waals surface area (Å²) in [6.07, 6.45) is 1.37. The third kappa shape index (κ3) is 6.47. The Morgan fingerprint density at radius 3 is 2.67 bits per heavy atom. The number of aromatic amines is 1. The number of ether oxygens (including phenoxy) is 3. The number of carbonyl (C=O) groups excluding carboxylic acids is 1. The maximum atomic E-state index is 12.2. The lowest BCUT2D eigenvalue weighted by atomic mass is 9.69.